The summed E-state index contributed by atoms with van der Waals surface area (Å²) in [6, 6.07) is 17.5. The fourth-order valence-electron chi connectivity index (χ4n) is 7.24. The molecule has 0 atom stereocenters. The monoisotopic (exact) mass is 1050 g/mol. The van der Waals surface area contributed by atoms with Gasteiger partial charge in [0.25, 0.3) is 0 Å². The van der Waals surface area contributed by atoms with Crippen LogP contribution in [0.1, 0.15) is 21.6 Å². The van der Waals surface area contributed by atoms with E-state index in [4.69, 9.17) is 0 Å². The van der Waals surface area contributed by atoms with Crippen LogP contribution in [0.15, 0.2) is 77.7 Å². The van der Waals surface area contributed by atoms with E-state index in [1.807, 2.05) is 59.4 Å². The van der Waals surface area contributed by atoms with Gasteiger partial charge in [-0.05, 0) is 17.7 Å². The van der Waals surface area contributed by atoms with Crippen LogP contribution in [-0.4, -0.2) is 16.9 Å². The lowest BCUT2D eigenvalue weighted by Crippen LogP contribution is -2.81. The molecule has 7 aromatic rings. The lowest BCUT2D eigenvalue weighted by molar-refractivity contribution is -0.684. The number of carbonyl (C=O) groups is 1. The van der Waals surface area contributed by atoms with Crippen molar-refractivity contribution in [1.82, 2.24) is 4.98 Å². The van der Waals surface area contributed by atoms with Crippen molar-refractivity contribution in [1.29, 1.82) is 0 Å². The van der Waals surface area contributed by atoms with E-state index < -0.39 is 144 Å². The van der Waals surface area contributed by atoms with E-state index in [0.717, 1.165) is 22.2 Å². The number of Topliss-reactive ketones (excluding diaryl/α,β-unsaturated/α-hetero) is 1. The molecule has 0 saturated carbocycles. The number of aromatic nitrogens is 2. The van der Waals surface area contributed by atoms with Crippen molar-refractivity contribution in [3.63, 3.8) is 0 Å². The van der Waals surface area contributed by atoms with Crippen LogP contribution in [0.2, 0.25) is 0 Å². The summed E-state index contributed by atoms with van der Waals surface area (Å²) in [6.07, 6.45) is -0.972. The van der Waals surface area contributed by atoms with E-state index in [9.17, 15) is 57.5 Å². The average Bonchev–Trinajstić information content (AvgIpc) is 3.32. The number of hydrogen-bond donors (Lipinski definition) is 0. The molecule has 0 unspecified atom stereocenters. The number of halogens is 21. The number of rotatable bonds is 9. The predicted molar refractivity (Wildman–Crippen MR) is 201 cm³/mol. The van der Waals surface area contributed by atoms with E-state index >= 15 is 35.1 Å². The Morgan fingerprint density at radius 2 is 0.750 bits per heavy atom. The lowest BCUT2D eigenvalue weighted by atomic mass is 9.12. The molecule has 0 amide bonds. The Kier molecular flexibility index (Phi) is 14.5. The molecule has 1 heterocycles. The summed E-state index contributed by atoms with van der Waals surface area (Å²) in [5.41, 5.74) is -11.5. The van der Waals surface area contributed by atoms with Gasteiger partial charge >= 0.3 is 0 Å². The molecule has 0 spiro atoms. The maximum absolute atomic E-state index is 15.4. The second-order valence-electron chi connectivity index (χ2n) is 14.1. The lowest BCUT2D eigenvalue weighted by Gasteiger charge is -2.44. The first-order chi connectivity index (χ1) is 31.9. The summed E-state index contributed by atoms with van der Waals surface area (Å²) >= 11 is 3.43. The van der Waals surface area contributed by atoms with Gasteiger partial charge in [-0.3, -0.25) is 4.79 Å². The summed E-state index contributed by atoms with van der Waals surface area (Å²) in [4.78, 5) is 16.7. The summed E-state index contributed by atoms with van der Waals surface area (Å²) in [5.74, 6) is -71.3. The minimum Gasteiger partial charge on any atom is -0.287 e. The normalized spacial score (nSPS) is 11.5. The number of ketones is 1. The molecule has 0 N–H and O–H groups in total. The minimum absolute atomic E-state index is 0.0939. The van der Waals surface area contributed by atoms with Gasteiger partial charge in [0.15, 0.2) is 82.2 Å². The summed E-state index contributed by atoms with van der Waals surface area (Å²) in [6.45, 7) is 0.319. The highest BCUT2D eigenvalue weighted by Gasteiger charge is 2.52. The van der Waals surface area contributed by atoms with Crippen LogP contribution in [0, 0.1) is 116 Å². The van der Waals surface area contributed by atoms with Gasteiger partial charge in [0.05, 0.1) is 6.20 Å². The molecule has 354 valence electrons. The Morgan fingerprint density at radius 1 is 0.441 bits per heavy atom. The third kappa shape index (κ3) is 8.55. The van der Waals surface area contributed by atoms with Crippen LogP contribution in [0.3, 0.4) is 0 Å². The van der Waals surface area contributed by atoms with Crippen LogP contribution < -0.4 is 26.4 Å². The van der Waals surface area contributed by atoms with E-state index in [1.165, 1.54) is 5.56 Å². The largest absolute Gasteiger partial charge is 0.287 e. The Bertz CT molecular complexity index is 2780. The number of benzene rings is 6. The first-order valence-corrected chi connectivity index (χ1v) is 19.1. The minimum atomic E-state index is -7.22. The molecule has 7 rings (SSSR count). The topological polar surface area (TPSA) is 33.8 Å². The molecule has 0 aliphatic rings. The van der Waals surface area contributed by atoms with Crippen LogP contribution >= 0.6 is 15.9 Å². The van der Waals surface area contributed by atoms with Crippen LogP contribution in [0.25, 0.3) is 0 Å². The van der Waals surface area contributed by atoms with E-state index in [1.54, 1.807) is 6.20 Å². The Labute approximate surface area is 375 Å². The summed E-state index contributed by atoms with van der Waals surface area (Å²) in [5, 5.41) is 0. The molecular weight excluding hydrogens is 1030 g/mol. The van der Waals surface area contributed by atoms with Crippen molar-refractivity contribution in [2.45, 2.75) is 13.0 Å². The van der Waals surface area contributed by atoms with Gasteiger partial charge in [-0.2, -0.15) is 4.57 Å². The first-order valence-electron chi connectivity index (χ1n) is 18.3. The zero-order valence-corrected chi connectivity index (χ0v) is 34.2. The Hall–Kier alpha value is -6.79. The quantitative estimate of drug-likeness (QED) is 0.0361. The smallest absolute Gasteiger partial charge is 0.227 e. The summed E-state index contributed by atoms with van der Waals surface area (Å²) in [7, 11) is 0. The van der Waals surface area contributed by atoms with Crippen molar-refractivity contribution in [2.24, 2.45) is 0 Å². The third-order valence-electron chi connectivity index (χ3n) is 10.2. The molecule has 0 bridgehead atoms. The molecule has 0 fully saturated rings. The molecule has 25 heteroatoms. The van der Waals surface area contributed by atoms with Gasteiger partial charge in [0.1, 0.15) is 58.4 Å². The molecule has 3 nitrogen and oxygen atoms in total. The molecular formula is C43H16BBrF20N2O. The molecule has 0 saturated heterocycles. The highest BCUT2D eigenvalue weighted by atomic mass is 79.9. The first kappa shape index (κ1) is 50.6. The van der Waals surface area contributed by atoms with Crippen molar-refractivity contribution >= 4 is 49.7 Å². The van der Waals surface area contributed by atoms with Crippen LogP contribution in [0.5, 0.6) is 0 Å². The maximum atomic E-state index is 15.4. The Morgan fingerprint density at radius 3 is 1.07 bits per heavy atom. The number of hydrogen-bond acceptors (Lipinski definition) is 2. The predicted octanol–water partition coefficient (Wildman–Crippen LogP) is 9.45. The van der Waals surface area contributed by atoms with Crippen molar-refractivity contribution < 1.29 is 97.2 Å². The van der Waals surface area contributed by atoms with Crippen molar-refractivity contribution in [2.75, 3.05) is 0 Å². The zero-order chi connectivity index (χ0) is 50.4. The highest BCUT2D eigenvalue weighted by molar-refractivity contribution is 9.10. The van der Waals surface area contributed by atoms with Gasteiger partial charge in [0, 0.05) is 16.5 Å². The van der Waals surface area contributed by atoms with Gasteiger partial charge in [-0.15, -0.1) is 21.9 Å². The van der Waals surface area contributed by atoms with Crippen molar-refractivity contribution in [3.05, 3.63) is 211 Å². The Balaban J connectivity index is 0.000000276. The molecule has 68 heavy (non-hydrogen) atoms. The molecule has 1 aromatic heterocycles. The van der Waals surface area contributed by atoms with Gasteiger partial charge in [-0.25, -0.2) is 92.8 Å². The zero-order valence-electron chi connectivity index (χ0n) is 32.7. The SMILES string of the molecule is Fc1c(F)c(F)c([B-](c2c(F)c(F)c(F)c(F)c2F)(c2c(F)c(F)c(F)c(F)c2F)c2c(F)c(F)c(F)c(F)c2F)c(F)c1F.O=C(C[n+]1ccnc(Cc2ccc(Br)cc2)c1)c1ccccc1. The highest BCUT2D eigenvalue weighted by Crippen LogP contribution is 2.31. The van der Waals surface area contributed by atoms with E-state index in [0.29, 0.717) is 6.54 Å². The second kappa shape index (κ2) is 19.4. The maximum Gasteiger partial charge on any atom is 0.227 e. The van der Waals surface area contributed by atoms with E-state index in [2.05, 4.69) is 33.0 Å². The van der Waals surface area contributed by atoms with Crippen molar-refractivity contribution in [3.8, 4) is 0 Å². The average molecular weight is 1050 g/mol. The molecule has 0 radical (unpaired) electrons. The number of carbonyl (C=O) groups excluding carboxylic acids is 1. The van der Waals surface area contributed by atoms with Gasteiger partial charge in [0.2, 0.25) is 12.3 Å². The standard InChI is InChI=1S/C24BF20.C19H16BrN2O/c26-5-1(6(27)14(35)21(42)13(5)34)25(2-7(28)15(36)22(43)16(37)8(2)29,3-9(30)17(38)23(44)18(39)10(3)31)4-11(32)19(40)24(45)20(41)12(4)33;20-17-8-6-15(7-9-17)12-18-13-22(11-10-21-18)14-19(23)16-4-2-1-3-5-16/h;1-11,13H,12,14H2/q-1;+1. The van der Waals surface area contributed by atoms with Gasteiger partial charge < -0.3 is 0 Å². The fraction of sp³-hybridized carbons (Fsp3) is 0.0465. The fourth-order valence-corrected chi connectivity index (χ4v) is 7.50. The number of nitrogens with zero attached hydrogens (tertiary/aromatic N) is 2. The third-order valence-corrected chi connectivity index (χ3v) is 10.8. The molecule has 0 aliphatic carbocycles. The second-order valence-corrected chi connectivity index (χ2v) is 15.0. The van der Waals surface area contributed by atoms with Crippen LogP contribution in [-0.2, 0) is 13.0 Å². The molecule has 0 aliphatic heterocycles. The molecule has 6 aromatic carbocycles. The van der Waals surface area contributed by atoms with Gasteiger partial charge in [-0.1, -0.05) is 58.4 Å². The van der Waals surface area contributed by atoms with E-state index in [-0.39, 0.29) is 5.78 Å². The van der Waals surface area contributed by atoms with Crippen LogP contribution in [0.4, 0.5) is 87.8 Å². The summed E-state index contributed by atoms with van der Waals surface area (Å²) < 4.78 is 297.